The van der Waals surface area contributed by atoms with Crippen molar-refractivity contribution < 1.29 is 4.39 Å². The summed E-state index contributed by atoms with van der Waals surface area (Å²) >= 11 is 0. The highest BCUT2D eigenvalue weighted by Crippen LogP contribution is 2.34. The van der Waals surface area contributed by atoms with Gasteiger partial charge < -0.3 is 9.88 Å². The van der Waals surface area contributed by atoms with Crippen LogP contribution >= 0.6 is 0 Å². The van der Waals surface area contributed by atoms with Crippen LogP contribution in [-0.2, 0) is 19.4 Å². The van der Waals surface area contributed by atoms with E-state index >= 15 is 0 Å². The van der Waals surface area contributed by atoms with Crippen molar-refractivity contribution in [2.75, 3.05) is 18.0 Å². The summed E-state index contributed by atoms with van der Waals surface area (Å²) in [7, 11) is 0. The fraction of sp³-hybridized carbons (Fsp3) is 0.320. The summed E-state index contributed by atoms with van der Waals surface area (Å²) in [6.07, 6.45) is 11.4. The molecule has 1 saturated heterocycles. The molecule has 1 aliphatic heterocycles. The summed E-state index contributed by atoms with van der Waals surface area (Å²) in [5.41, 5.74) is 5.43. The third-order valence-electron chi connectivity index (χ3n) is 6.08. The Kier molecular flexibility index (Phi) is 5.26. The smallest absolute Gasteiger partial charge is 0.147 e. The molecule has 0 unspecified atom stereocenters. The fourth-order valence-electron chi connectivity index (χ4n) is 4.54. The predicted molar refractivity (Wildman–Crippen MR) is 119 cm³/mol. The van der Waals surface area contributed by atoms with Crippen LogP contribution < -0.4 is 4.90 Å². The summed E-state index contributed by atoms with van der Waals surface area (Å²) in [6, 6.07) is 13.8. The molecule has 2 aromatic heterocycles. The molecule has 1 N–H and O–H groups in total. The Labute approximate surface area is 176 Å². The number of rotatable bonds is 6. The molecule has 2 aromatic carbocycles. The number of hydrogen-bond acceptors (Lipinski definition) is 2. The highest BCUT2D eigenvalue weighted by Gasteiger charge is 2.20. The Balaban J connectivity index is 1.35. The largest absolute Gasteiger partial charge is 0.369 e. The lowest BCUT2D eigenvalue weighted by atomic mass is 10.0. The number of hydrogen-bond donors (Lipinski definition) is 1. The van der Waals surface area contributed by atoms with E-state index in [4.69, 9.17) is 0 Å². The van der Waals surface area contributed by atoms with Crippen LogP contribution in [0.3, 0.4) is 0 Å². The van der Waals surface area contributed by atoms with Crippen molar-refractivity contribution in [2.24, 2.45) is 0 Å². The van der Waals surface area contributed by atoms with Gasteiger partial charge in [0.2, 0.25) is 0 Å². The first-order valence-corrected chi connectivity index (χ1v) is 10.9. The normalized spacial score (nSPS) is 14.5. The van der Waals surface area contributed by atoms with E-state index in [1.165, 1.54) is 23.1 Å². The molecule has 0 spiro atoms. The maximum atomic E-state index is 14.9. The molecule has 0 saturated carbocycles. The molecule has 154 valence electrons. The maximum absolute atomic E-state index is 14.9. The highest BCUT2D eigenvalue weighted by molar-refractivity contribution is 5.95. The minimum atomic E-state index is -0.110. The van der Waals surface area contributed by atoms with Crippen molar-refractivity contribution >= 4 is 16.6 Å². The minimum Gasteiger partial charge on any atom is -0.369 e. The summed E-state index contributed by atoms with van der Waals surface area (Å²) in [6.45, 7) is 2.65. The number of aromatic nitrogens is 3. The number of anilines is 1. The van der Waals surface area contributed by atoms with Crippen molar-refractivity contribution in [1.29, 1.82) is 0 Å². The molecule has 0 radical (unpaired) electrons. The van der Waals surface area contributed by atoms with Gasteiger partial charge in [0.1, 0.15) is 5.82 Å². The molecular formula is C25H27FN4. The second-order valence-electron chi connectivity index (χ2n) is 8.21. The zero-order valence-electron chi connectivity index (χ0n) is 17.1. The number of benzene rings is 2. The van der Waals surface area contributed by atoms with Gasteiger partial charge in [0.15, 0.2) is 0 Å². The molecule has 0 atom stereocenters. The van der Waals surface area contributed by atoms with Gasteiger partial charge in [-0.2, -0.15) is 5.10 Å². The van der Waals surface area contributed by atoms with E-state index in [0.717, 1.165) is 61.9 Å². The molecule has 1 fully saturated rings. The van der Waals surface area contributed by atoms with E-state index in [9.17, 15) is 4.39 Å². The topological polar surface area (TPSA) is 36.9 Å². The van der Waals surface area contributed by atoms with Gasteiger partial charge in [0, 0.05) is 36.4 Å². The van der Waals surface area contributed by atoms with Gasteiger partial charge in [-0.15, -0.1) is 0 Å². The number of piperidine rings is 1. The minimum absolute atomic E-state index is 0.110. The van der Waals surface area contributed by atoms with Gasteiger partial charge in [0.05, 0.1) is 18.4 Å². The number of aromatic amines is 1. The molecule has 0 bridgehead atoms. The molecule has 5 heteroatoms. The van der Waals surface area contributed by atoms with Gasteiger partial charge >= 0.3 is 0 Å². The van der Waals surface area contributed by atoms with E-state index in [2.05, 4.69) is 45.4 Å². The molecule has 5 rings (SSSR count). The lowest BCUT2D eigenvalue weighted by Crippen LogP contribution is -2.30. The second-order valence-corrected chi connectivity index (χ2v) is 8.21. The van der Waals surface area contributed by atoms with E-state index in [1.807, 2.05) is 29.2 Å². The monoisotopic (exact) mass is 402 g/mol. The average Bonchev–Trinajstić information content (AvgIpc) is 3.40. The van der Waals surface area contributed by atoms with Crippen LogP contribution in [0, 0.1) is 5.82 Å². The van der Waals surface area contributed by atoms with Crippen molar-refractivity contribution in [1.82, 2.24) is 14.8 Å². The molecule has 4 nitrogen and oxygen atoms in total. The molecule has 30 heavy (non-hydrogen) atoms. The molecular weight excluding hydrogens is 375 g/mol. The number of nitrogens with one attached hydrogen (secondary N) is 1. The first-order valence-electron chi connectivity index (χ1n) is 10.9. The van der Waals surface area contributed by atoms with Crippen LogP contribution in [0.5, 0.6) is 0 Å². The second kappa shape index (κ2) is 8.34. The van der Waals surface area contributed by atoms with Crippen molar-refractivity contribution in [3.63, 3.8) is 0 Å². The first-order chi connectivity index (χ1) is 14.8. The average molecular weight is 403 g/mol. The Morgan fingerprint density at radius 3 is 2.60 bits per heavy atom. The van der Waals surface area contributed by atoms with Gasteiger partial charge in [0.25, 0.3) is 0 Å². The van der Waals surface area contributed by atoms with Gasteiger partial charge in [-0.25, -0.2) is 4.39 Å². The van der Waals surface area contributed by atoms with Gasteiger partial charge in [-0.1, -0.05) is 30.3 Å². The third kappa shape index (κ3) is 3.84. The lowest BCUT2D eigenvalue weighted by molar-refractivity contribution is 0.559. The Bertz CT molecular complexity index is 1120. The number of H-pyrrole nitrogens is 1. The van der Waals surface area contributed by atoms with E-state index in [0.29, 0.717) is 0 Å². The number of halogens is 1. The summed E-state index contributed by atoms with van der Waals surface area (Å²) < 4.78 is 16.9. The van der Waals surface area contributed by atoms with Crippen LogP contribution in [0.4, 0.5) is 10.1 Å². The zero-order chi connectivity index (χ0) is 20.3. The van der Waals surface area contributed by atoms with Crippen LogP contribution in [0.1, 0.15) is 36.0 Å². The van der Waals surface area contributed by atoms with E-state index < -0.39 is 0 Å². The molecule has 0 amide bonds. The Hall–Kier alpha value is -3.08. The van der Waals surface area contributed by atoms with Crippen LogP contribution in [0.15, 0.2) is 61.1 Å². The van der Waals surface area contributed by atoms with Gasteiger partial charge in [-0.3, -0.25) is 4.68 Å². The quantitative estimate of drug-likeness (QED) is 0.473. The molecule has 4 aromatic rings. The highest BCUT2D eigenvalue weighted by atomic mass is 19.1. The number of aryl methyl sites for hydroxylation is 2. The van der Waals surface area contributed by atoms with E-state index in [1.54, 1.807) is 6.07 Å². The first kappa shape index (κ1) is 18.9. The zero-order valence-corrected chi connectivity index (χ0v) is 17.1. The Morgan fingerprint density at radius 1 is 0.933 bits per heavy atom. The Morgan fingerprint density at radius 2 is 1.77 bits per heavy atom. The summed E-state index contributed by atoms with van der Waals surface area (Å²) in [4.78, 5) is 5.59. The van der Waals surface area contributed by atoms with Crippen LogP contribution in [0.2, 0.25) is 0 Å². The molecule has 1 aliphatic rings. The molecule has 3 heterocycles. The fourth-order valence-corrected chi connectivity index (χ4v) is 4.54. The van der Waals surface area contributed by atoms with Gasteiger partial charge in [-0.05, 0) is 60.9 Å². The summed E-state index contributed by atoms with van der Waals surface area (Å²) in [5.74, 6) is -0.110. The van der Waals surface area contributed by atoms with Crippen LogP contribution in [-0.4, -0.2) is 27.9 Å². The SMILES string of the molecule is Fc1ccc2[nH]cc(CCc3cnn(Cc4ccccc4)c3)c2c1N1CCCCC1. The van der Waals surface area contributed by atoms with Crippen molar-refractivity contribution in [3.8, 4) is 0 Å². The number of nitrogens with zero attached hydrogens (tertiary/aromatic N) is 3. The third-order valence-corrected chi connectivity index (χ3v) is 6.08. The number of fused-ring (bicyclic) bond motifs is 1. The van der Waals surface area contributed by atoms with Crippen molar-refractivity contribution in [3.05, 3.63) is 83.6 Å². The summed E-state index contributed by atoms with van der Waals surface area (Å²) in [5, 5.41) is 5.57. The van der Waals surface area contributed by atoms with Crippen LogP contribution in [0.25, 0.3) is 10.9 Å². The van der Waals surface area contributed by atoms with E-state index in [-0.39, 0.29) is 5.82 Å². The maximum Gasteiger partial charge on any atom is 0.147 e. The lowest BCUT2D eigenvalue weighted by Gasteiger charge is -2.30. The van der Waals surface area contributed by atoms with Crippen molar-refractivity contribution in [2.45, 2.75) is 38.6 Å². The molecule has 0 aliphatic carbocycles. The standard InChI is InChI=1S/C25H27FN4/c26-22-11-12-23-24(25(22)29-13-5-2-6-14-29)21(16-27-23)10-9-20-15-28-30(18-20)17-19-7-3-1-4-8-19/h1,3-4,7-8,11-12,15-16,18,27H,2,5-6,9-10,13-14,17H2. The predicted octanol–water partition coefficient (Wildman–Crippen LogP) is 5.33.